The van der Waals surface area contributed by atoms with Crippen molar-refractivity contribution in [1.82, 2.24) is 16.0 Å². The molecule has 114 valence electrons. The summed E-state index contributed by atoms with van der Waals surface area (Å²) >= 11 is 0. The average molecular weight is 283 g/mol. The monoisotopic (exact) mass is 283 g/mol. The second-order valence-corrected chi connectivity index (χ2v) is 5.95. The fraction of sp³-hybridized carbons (Fsp3) is 0.857. The summed E-state index contributed by atoms with van der Waals surface area (Å²) in [5.41, 5.74) is 0. The van der Waals surface area contributed by atoms with Crippen LogP contribution in [0.1, 0.15) is 57.8 Å². The standard InChI is InChI=1S/C14H25N3O3/c18-13(15-10-4-2-1-3-5-10)16-11-6-8-12(9-7-11)17-14(19)20/h10-12,17H,1-9H2,(H,19,20)(H2,15,16,18)/t11-,12+. The molecule has 2 aliphatic carbocycles. The molecule has 0 aromatic rings. The van der Waals surface area contributed by atoms with Crippen LogP contribution in [-0.4, -0.2) is 35.4 Å². The van der Waals surface area contributed by atoms with Crippen molar-refractivity contribution in [2.45, 2.75) is 75.9 Å². The summed E-state index contributed by atoms with van der Waals surface area (Å²) in [5.74, 6) is 0. The zero-order valence-corrected chi connectivity index (χ0v) is 11.9. The second-order valence-electron chi connectivity index (χ2n) is 5.95. The minimum Gasteiger partial charge on any atom is -0.465 e. The van der Waals surface area contributed by atoms with E-state index in [9.17, 15) is 9.59 Å². The van der Waals surface area contributed by atoms with Crippen LogP contribution in [0.2, 0.25) is 0 Å². The Morgan fingerprint density at radius 1 is 0.700 bits per heavy atom. The van der Waals surface area contributed by atoms with Gasteiger partial charge in [0.25, 0.3) is 0 Å². The van der Waals surface area contributed by atoms with Crippen molar-refractivity contribution in [2.75, 3.05) is 0 Å². The normalized spacial score (nSPS) is 27.6. The molecule has 0 aliphatic heterocycles. The molecule has 0 aromatic carbocycles. The van der Waals surface area contributed by atoms with Crippen molar-refractivity contribution in [2.24, 2.45) is 0 Å². The van der Waals surface area contributed by atoms with E-state index in [2.05, 4.69) is 16.0 Å². The third kappa shape index (κ3) is 4.90. The Morgan fingerprint density at radius 2 is 1.15 bits per heavy atom. The van der Waals surface area contributed by atoms with Crippen LogP contribution in [0.5, 0.6) is 0 Å². The SMILES string of the molecule is O=C(O)N[C@H]1CC[C@@H](NC(=O)NC2CCCCC2)CC1. The summed E-state index contributed by atoms with van der Waals surface area (Å²) in [6, 6.07) is 0.470. The minimum absolute atomic E-state index is 0.0342. The first-order valence-corrected chi connectivity index (χ1v) is 7.70. The number of carbonyl (C=O) groups excluding carboxylic acids is 1. The molecule has 0 radical (unpaired) electrons. The zero-order chi connectivity index (χ0) is 14.4. The van der Waals surface area contributed by atoms with Crippen molar-refractivity contribution in [3.8, 4) is 0 Å². The maximum absolute atomic E-state index is 11.9. The van der Waals surface area contributed by atoms with Gasteiger partial charge in [0.05, 0.1) is 0 Å². The molecular formula is C14H25N3O3. The average Bonchev–Trinajstić information content (AvgIpc) is 2.41. The van der Waals surface area contributed by atoms with Gasteiger partial charge < -0.3 is 21.1 Å². The lowest BCUT2D eigenvalue weighted by atomic mass is 9.91. The number of hydrogen-bond donors (Lipinski definition) is 4. The molecule has 4 N–H and O–H groups in total. The second kappa shape index (κ2) is 7.36. The van der Waals surface area contributed by atoms with E-state index in [1.54, 1.807) is 0 Å². The summed E-state index contributed by atoms with van der Waals surface area (Å²) in [6.45, 7) is 0. The summed E-state index contributed by atoms with van der Waals surface area (Å²) in [5, 5.41) is 17.2. The Labute approximate surface area is 119 Å². The lowest BCUT2D eigenvalue weighted by Crippen LogP contribution is -2.49. The number of nitrogens with one attached hydrogen (secondary N) is 3. The summed E-state index contributed by atoms with van der Waals surface area (Å²) in [7, 11) is 0. The molecule has 0 spiro atoms. The molecule has 0 unspecified atom stereocenters. The molecule has 0 bridgehead atoms. The fourth-order valence-corrected chi connectivity index (χ4v) is 3.22. The van der Waals surface area contributed by atoms with E-state index >= 15 is 0 Å². The molecule has 6 heteroatoms. The largest absolute Gasteiger partial charge is 0.465 e. The molecule has 3 amide bonds. The van der Waals surface area contributed by atoms with Gasteiger partial charge in [-0.15, -0.1) is 0 Å². The first kappa shape index (κ1) is 14.9. The van der Waals surface area contributed by atoms with Gasteiger partial charge in [0.2, 0.25) is 0 Å². The molecule has 2 rings (SSSR count). The van der Waals surface area contributed by atoms with Gasteiger partial charge in [-0.2, -0.15) is 0 Å². The van der Waals surface area contributed by atoms with Gasteiger partial charge in [0.15, 0.2) is 0 Å². The minimum atomic E-state index is -0.962. The van der Waals surface area contributed by atoms with E-state index in [0.29, 0.717) is 6.04 Å². The van der Waals surface area contributed by atoms with E-state index in [0.717, 1.165) is 38.5 Å². The molecule has 2 fully saturated rings. The number of carboxylic acid groups (broad SMARTS) is 1. The van der Waals surface area contributed by atoms with Crippen molar-refractivity contribution in [1.29, 1.82) is 0 Å². The topological polar surface area (TPSA) is 90.5 Å². The Hall–Kier alpha value is -1.46. The highest BCUT2D eigenvalue weighted by Gasteiger charge is 2.24. The van der Waals surface area contributed by atoms with Gasteiger partial charge in [-0.3, -0.25) is 0 Å². The van der Waals surface area contributed by atoms with E-state index in [-0.39, 0.29) is 18.1 Å². The third-order valence-corrected chi connectivity index (χ3v) is 4.33. The van der Waals surface area contributed by atoms with Crippen molar-refractivity contribution in [3.05, 3.63) is 0 Å². The number of rotatable bonds is 3. The van der Waals surface area contributed by atoms with Gasteiger partial charge in [0, 0.05) is 18.1 Å². The lowest BCUT2D eigenvalue weighted by Gasteiger charge is -2.30. The molecule has 2 aliphatic rings. The number of amides is 3. The van der Waals surface area contributed by atoms with Crippen molar-refractivity contribution in [3.63, 3.8) is 0 Å². The highest BCUT2D eigenvalue weighted by molar-refractivity contribution is 5.74. The van der Waals surface area contributed by atoms with E-state index in [1.165, 1.54) is 19.3 Å². The summed E-state index contributed by atoms with van der Waals surface area (Å²) in [6.07, 6.45) is 8.16. The molecule has 6 nitrogen and oxygen atoms in total. The predicted octanol–water partition coefficient (Wildman–Crippen LogP) is 2.20. The van der Waals surface area contributed by atoms with Gasteiger partial charge in [-0.25, -0.2) is 9.59 Å². The van der Waals surface area contributed by atoms with Crippen LogP contribution in [0, 0.1) is 0 Å². The quantitative estimate of drug-likeness (QED) is 0.640. The lowest BCUT2D eigenvalue weighted by molar-refractivity contribution is 0.182. The smallest absolute Gasteiger partial charge is 0.404 e. The summed E-state index contributed by atoms with van der Waals surface area (Å²) in [4.78, 5) is 22.5. The molecule has 0 saturated heterocycles. The summed E-state index contributed by atoms with van der Waals surface area (Å²) < 4.78 is 0. The highest BCUT2D eigenvalue weighted by atomic mass is 16.4. The van der Waals surface area contributed by atoms with Gasteiger partial charge >= 0.3 is 12.1 Å². The molecule has 0 aromatic heterocycles. The molecular weight excluding hydrogens is 258 g/mol. The molecule has 20 heavy (non-hydrogen) atoms. The van der Waals surface area contributed by atoms with Gasteiger partial charge in [-0.05, 0) is 38.5 Å². The zero-order valence-electron chi connectivity index (χ0n) is 11.9. The van der Waals surface area contributed by atoms with Crippen LogP contribution in [0.25, 0.3) is 0 Å². The predicted molar refractivity (Wildman–Crippen MR) is 75.7 cm³/mol. The Morgan fingerprint density at radius 3 is 1.65 bits per heavy atom. The molecule has 2 saturated carbocycles. The maximum Gasteiger partial charge on any atom is 0.404 e. The van der Waals surface area contributed by atoms with Crippen LogP contribution in [0.4, 0.5) is 9.59 Å². The van der Waals surface area contributed by atoms with Crippen LogP contribution < -0.4 is 16.0 Å². The first-order chi connectivity index (χ1) is 9.63. The van der Waals surface area contributed by atoms with Crippen LogP contribution >= 0.6 is 0 Å². The highest BCUT2D eigenvalue weighted by Crippen LogP contribution is 2.19. The van der Waals surface area contributed by atoms with Gasteiger partial charge in [0.1, 0.15) is 0 Å². The van der Waals surface area contributed by atoms with E-state index in [1.807, 2.05) is 0 Å². The molecule has 0 atom stereocenters. The molecule has 0 heterocycles. The fourth-order valence-electron chi connectivity index (χ4n) is 3.22. The third-order valence-electron chi connectivity index (χ3n) is 4.33. The van der Waals surface area contributed by atoms with Crippen LogP contribution in [0.3, 0.4) is 0 Å². The van der Waals surface area contributed by atoms with Crippen molar-refractivity contribution >= 4 is 12.1 Å². The number of urea groups is 1. The van der Waals surface area contributed by atoms with Crippen molar-refractivity contribution < 1.29 is 14.7 Å². The number of hydrogen-bond acceptors (Lipinski definition) is 2. The van der Waals surface area contributed by atoms with Crippen LogP contribution in [-0.2, 0) is 0 Å². The van der Waals surface area contributed by atoms with Crippen LogP contribution in [0.15, 0.2) is 0 Å². The first-order valence-electron chi connectivity index (χ1n) is 7.70. The Bertz CT molecular complexity index is 335. The maximum atomic E-state index is 11.9. The number of carbonyl (C=O) groups is 2. The van der Waals surface area contributed by atoms with E-state index in [4.69, 9.17) is 5.11 Å². The van der Waals surface area contributed by atoms with E-state index < -0.39 is 6.09 Å². The Kier molecular flexibility index (Phi) is 5.49. The Balaban J connectivity index is 1.64. The van der Waals surface area contributed by atoms with Gasteiger partial charge in [-0.1, -0.05) is 19.3 Å².